The molecule has 280 valence electrons. The van der Waals surface area contributed by atoms with E-state index in [0.717, 1.165) is 59.2 Å². The Bertz CT molecular complexity index is 1860. The Labute approximate surface area is 318 Å². The zero-order valence-corrected chi connectivity index (χ0v) is 33.6. The maximum atomic E-state index is 13.3. The highest BCUT2D eigenvalue weighted by Gasteiger charge is 2.59. The molecule has 0 radical (unpaired) electrons. The third-order valence-electron chi connectivity index (χ3n) is 13.9. The first-order chi connectivity index (χ1) is 24.9. The SMILES string of the molecule is Cc1oc2cc(OCC(=O)O[C@H]3CC[C@@]4(C)C(=CC[C@@H]5[C@H]6CC[C@@H]([C@H](C)CCCC(C)C)[C@]6(C)CC[C@H]54)C3)ccc2c(=O)c1Oc1ccc(Br)cc1. The normalized spacial score (nSPS) is 30.2. The van der Waals surface area contributed by atoms with Crippen LogP contribution < -0.4 is 14.9 Å². The topological polar surface area (TPSA) is 75.0 Å². The molecule has 0 bridgehead atoms. The molecule has 0 amide bonds. The highest BCUT2D eigenvalue weighted by molar-refractivity contribution is 9.10. The lowest BCUT2D eigenvalue weighted by Gasteiger charge is -2.58. The molecule has 0 spiro atoms. The molecular formula is C45H57BrO6. The van der Waals surface area contributed by atoms with Crippen molar-refractivity contribution in [3.8, 4) is 17.2 Å². The number of aryl methyl sites for hydroxylation is 1. The number of ether oxygens (including phenoxy) is 3. The molecule has 7 heteroatoms. The standard InChI is InChI=1S/C45H57BrO6/c1-27(2)8-7-9-28(3)37-18-19-38-35-16-10-30-24-34(20-22-44(30,5)39(35)21-23-45(37,38)6)51-41(47)26-49-33-15-17-36-40(25-33)50-29(4)43(42(36)48)52-32-13-11-31(46)12-14-32/h10-15,17,25,27-28,34-35,37-39H,7-9,16,18-24,26H2,1-6H3/t28-,34+,35-,37+,38-,39-,44+,45+/m1/s1. The van der Waals surface area contributed by atoms with E-state index in [9.17, 15) is 9.59 Å². The van der Waals surface area contributed by atoms with Gasteiger partial charge in [0.1, 0.15) is 28.9 Å². The summed E-state index contributed by atoms with van der Waals surface area (Å²) in [7, 11) is 0. The van der Waals surface area contributed by atoms with E-state index in [1.165, 1.54) is 56.9 Å². The van der Waals surface area contributed by atoms with Crippen LogP contribution in [0.5, 0.6) is 17.2 Å². The average molecular weight is 774 g/mol. The van der Waals surface area contributed by atoms with E-state index in [1.807, 2.05) is 12.1 Å². The number of fused-ring (bicyclic) bond motifs is 6. The van der Waals surface area contributed by atoms with Crippen LogP contribution in [0.2, 0.25) is 0 Å². The van der Waals surface area contributed by atoms with Crippen molar-refractivity contribution in [1.82, 2.24) is 0 Å². The van der Waals surface area contributed by atoms with E-state index >= 15 is 0 Å². The molecule has 0 N–H and O–H groups in total. The van der Waals surface area contributed by atoms with E-state index < -0.39 is 0 Å². The molecule has 8 atom stereocenters. The minimum Gasteiger partial charge on any atom is -0.482 e. The molecule has 0 unspecified atom stereocenters. The van der Waals surface area contributed by atoms with Gasteiger partial charge in [-0.15, -0.1) is 0 Å². The number of benzene rings is 2. The molecule has 3 aromatic rings. The molecule has 6 nitrogen and oxygen atoms in total. The molecule has 3 fully saturated rings. The van der Waals surface area contributed by atoms with Gasteiger partial charge in [0.05, 0.1) is 5.39 Å². The van der Waals surface area contributed by atoms with Crippen LogP contribution in [-0.4, -0.2) is 18.7 Å². The second-order valence-electron chi connectivity index (χ2n) is 17.5. The summed E-state index contributed by atoms with van der Waals surface area (Å²) >= 11 is 3.41. The van der Waals surface area contributed by atoms with Crippen LogP contribution in [0.3, 0.4) is 0 Å². The molecule has 7 rings (SSSR count). The predicted molar refractivity (Wildman–Crippen MR) is 210 cm³/mol. The maximum absolute atomic E-state index is 13.3. The van der Waals surface area contributed by atoms with Gasteiger partial charge in [0, 0.05) is 17.0 Å². The van der Waals surface area contributed by atoms with Crippen molar-refractivity contribution in [2.45, 2.75) is 118 Å². The number of rotatable bonds is 11. The second-order valence-corrected chi connectivity index (χ2v) is 18.4. The summed E-state index contributed by atoms with van der Waals surface area (Å²) in [6.07, 6.45) is 16.1. The van der Waals surface area contributed by atoms with Gasteiger partial charge in [-0.25, -0.2) is 4.79 Å². The number of halogens is 1. The number of carbonyl (C=O) groups is 1. The first-order valence-electron chi connectivity index (χ1n) is 19.9. The molecule has 0 aliphatic heterocycles. The molecular weight excluding hydrogens is 716 g/mol. The van der Waals surface area contributed by atoms with Gasteiger partial charge in [-0.3, -0.25) is 4.79 Å². The largest absolute Gasteiger partial charge is 0.482 e. The molecule has 4 aliphatic carbocycles. The maximum Gasteiger partial charge on any atom is 0.344 e. The van der Waals surface area contributed by atoms with Gasteiger partial charge in [0.15, 0.2) is 6.61 Å². The Hall–Kier alpha value is -3.06. The Morgan fingerprint density at radius 1 is 0.962 bits per heavy atom. The fourth-order valence-electron chi connectivity index (χ4n) is 11.2. The molecule has 4 aliphatic rings. The van der Waals surface area contributed by atoms with Gasteiger partial charge >= 0.3 is 5.97 Å². The molecule has 1 aromatic heterocycles. The van der Waals surface area contributed by atoms with E-state index in [4.69, 9.17) is 18.6 Å². The van der Waals surface area contributed by atoms with Gasteiger partial charge in [-0.1, -0.05) is 81.5 Å². The Balaban J connectivity index is 0.944. The summed E-state index contributed by atoms with van der Waals surface area (Å²) < 4.78 is 24.6. The predicted octanol–water partition coefficient (Wildman–Crippen LogP) is 12.0. The van der Waals surface area contributed by atoms with Crippen LogP contribution >= 0.6 is 15.9 Å². The van der Waals surface area contributed by atoms with Crippen LogP contribution in [0.4, 0.5) is 0 Å². The summed E-state index contributed by atoms with van der Waals surface area (Å²) in [6, 6.07) is 12.2. The third-order valence-corrected chi connectivity index (χ3v) is 14.5. The van der Waals surface area contributed by atoms with Crippen molar-refractivity contribution < 1.29 is 23.4 Å². The van der Waals surface area contributed by atoms with Gasteiger partial charge < -0.3 is 18.6 Å². The average Bonchev–Trinajstić information content (AvgIpc) is 3.47. The summed E-state index contributed by atoms with van der Waals surface area (Å²) in [5.41, 5.74) is 2.32. The minimum absolute atomic E-state index is 0.121. The lowest BCUT2D eigenvalue weighted by molar-refractivity contribution is -0.153. The Kier molecular flexibility index (Phi) is 10.7. The molecule has 3 saturated carbocycles. The molecule has 2 aromatic carbocycles. The lowest BCUT2D eigenvalue weighted by atomic mass is 9.47. The molecule has 0 saturated heterocycles. The second kappa shape index (κ2) is 15.0. The van der Waals surface area contributed by atoms with E-state index in [0.29, 0.717) is 33.6 Å². The van der Waals surface area contributed by atoms with Crippen molar-refractivity contribution in [3.63, 3.8) is 0 Å². The number of esters is 1. The summed E-state index contributed by atoms with van der Waals surface area (Å²) in [5.74, 6) is 5.98. The number of hydrogen-bond donors (Lipinski definition) is 0. The quantitative estimate of drug-likeness (QED) is 0.143. The van der Waals surface area contributed by atoms with Crippen LogP contribution in [-0.2, 0) is 9.53 Å². The van der Waals surface area contributed by atoms with Crippen LogP contribution in [0.15, 0.2) is 67.8 Å². The fourth-order valence-corrected chi connectivity index (χ4v) is 11.5. The van der Waals surface area contributed by atoms with Gasteiger partial charge in [-0.2, -0.15) is 0 Å². The zero-order valence-electron chi connectivity index (χ0n) is 32.0. The van der Waals surface area contributed by atoms with Gasteiger partial charge in [0.25, 0.3) is 0 Å². The van der Waals surface area contributed by atoms with E-state index in [1.54, 1.807) is 37.3 Å². The first-order valence-corrected chi connectivity index (χ1v) is 20.7. The number of carbonyl (C=O) groups excluding carboxylic acids is 1. The van der Waals surface area contributed by atoms with Crippen molar-refractivity contribution in [1.29, 1.82) is 0 Å². The smallest absolute Gasteiger partial charge is 0.344 e. The van der Waals surface area contributed by atoms with E-state index in [-0.39, 0.29) is 35.3 Å². The Morgan fingerprint density at radius 2 is 1.73 bits per heavy atom. The highest BCUT2D eigenvalue weighted by atomic mass is 79.9. The minimum atomic E-state index is -0.369. The van der Waals surface area contributed by atoms with Crippen LogP contribution in [0, 0.1) is 53.3 Å². The summed E-state index contributed by atoms with van der Waals surface area (Å²) in [5, 5.41) is 0.378. The van der Waals surface area contributed by atoms with Gasteiger partial charge in [0.2, 0.25) is 11.2 Å². The monoisotopic (exact) mass is 772 g/mol. The summed E-state index contributed by atoms with van der Waals surface area (Å²) in [4.78, 5) is 26.3. The summed E-state index contributed by atoms with van der Waals surface area (Å²) in [6.45, 7) is 13.9. The van der Waals surface area contributed by atoms with Crippen molar-refractivity contribution in [2.75, 3.05) is 6.61 Å². The van der Waals surface area contributed by atoms with Gasteiger partial charge in [-0.05, 0) is 135 Å². The third kappa shape index (κ3) is 7.24. The van der Waals surface area contributed by atoms with E-state index in [2.05, 4.69) is 56.6 Å². The van der Waals surface area contributed by atoms with Crippen molar-refractivity contribution in [2.24, 2.45) is 46.3 Å². The number of allylic oxidation sites excluding steroid dienone is 1. The van der Waals surface area contributed by atoms with Crippen LogP contribution in [0.25, 0.3) is 11.0 Å². The first kappa shape index (κ1) is 37.3. The van der Waals surface area contributed by atoms with Crippen LogP contribution in [0.1, 0.15) is 111 Å². The fraction of sp³-hybridized carbons (Fsp3) is 0.600. The van der Waals surface area contributed by atoms with Crippen molar-refractivity contribution in [3.05, 3.63) is 74.6 Å². The van der Waals surface area contributed by atoms with Crippen molar-refractivity contribution >= 4 is 32.9 Å². The molecule has 52 heavy (non-hydrogen) atoms. The highest BCUT2D eigenvalue weighted by Crippen LogP contribution is 2.67. The lowest BCUT2D eigenvalue weighted by Crippen LogP contribution is -2.51. The Morgan fingerprint density at radius 3 is 2.50 bits per heavy atom. The zero-order chi connectivity index (χ0) is 36.8. The molecule has 1 heterocycles. The number of hydrogen-bond acceptors (Lipinski definition) is 6.